The third kappa shape index (κ3) is 3.42. The number of ether oxygens (including phenoxy) is 1. The van der Waals surface area contributed by atoms with Crippen LogP contribution in [0.4, 0.5) is 5.69 Å². The highest BCUT2D eigenvalue weighted by Gasteiger charge is 2.33. The molecule has 2 aromatic carbocycles. The van der Waals surface area contributed by atoms with Crippen molar-refractivity contribution in [2.45, 2.75) is 13.2 Å². The van der Waals surface area contributed by atoms with Gasteiger partial charge in [-0.25, -0.2) is 0 Å². The van der Waals surface area contributed by atoms with Gasteiger partial charge in [-0.1, -0.05) is 29.3 Å². The second-order valence-corrected chi connectivity index (χ2v) is 6.03. The van der Waals surface area contributed by atoms with Crippen molar-refractivity contribution in [1.82, 2.24) is 5.01 Å². The number of carbonyl (C=O) groups excluding carboxylic acids is 1. The van der Waals surface area contributed by atoms with Crippen LogP contribution in [-0.2, 0) is 9.53 Å². The van der Waals surface area contributed by atoms with Crippen molar-refractivity contribution >= 4 is 40.7 Å². The van der Waals surface area contributed by atoms with E-state index in [0.29, 0.717) is 21.2 Å². The van der Waals surface area contributed by atoms with Gasteiger partial charge in [-0.05, 0) is 24.3 Å². The van der Waals surface area contributed by atoms with E-state index in [2.05, 4.69) is 5.10 Å². The van der Waals surface area contributed by atoms with E-state index in [1.807, 2.05) is 0 Å². The number of amides is 1. The summed E-state index contributed by atoms with van der Waals surface area (Å²) in [6.07, 6.45) is -0.794. The lowest BCUT2D eigenvalue weighted by Crippen LogP contribution is -2.25. The maximum Gasteiger partial charge on any atom is 0.269 e. The minimum absolute atomic E-state index is 0.0493. The number of benzene rings is 2. The molecule has 1 amide bonds. The second kappa shape index (κ2) is 6.70. The maximum absolute atomic E-state index is 11.9. The molecule has 25 heavy (non-hydrogen) atoms. The van der Waals surface area contributed by atoms with Crippen LogP contribution in [0.1, 0.15) is 24.3 Å². The number of nitrogens with zero attached hydrogens (tertiary/aromatic N) is 3. The van der Waals surface area contributed by atoms with Crippen LogP contribution in [-0.4, -0.2) is 21.7 Å². The van der Waals surface area contributed by atoms with Gasteiger partial charge >= 0.3 is 0 Å². The monoisotopic (exact) mass is 379 g/mol. The molecule has 2 aromatic rings. The molecular formula is C16H11Cl2N3O4. The Morgan fingerprint density at radius 2 is 1.88 bits per heavy atom. The number of carbonyl (C=O) groups is 1. The molecule has 1 aliphatic heterocycles. The fourth-order valence-corrected chi connectivity index (χ4v) is 2.60. The molecule has 0 saturated heterocycles. The Labute approximate surface area is 152 Å². The zero-order valence-corrected chi connectivity index (χ0v) is 14.4. The number of halogens is 2. The first-order valence-corrected chi connectivity index (χ1v) is 7.87. The number of hydrogen-bond donors (Lipinski definition) is 0. The zero-order chi connectivity index (χ0) is 18.1. The van der Waals surface area contributed by atoms with Gasteiger partial charge in [-0.3, -0.25) is 14.9 Å². The highest BCUT2D eigenvalue weighted by atomic mass is 35.5. The van der Waals surface area contributed by atoms with Crippen LogP contribution in [0.5, 0.6) is 0 Å². The van der Waals surface area contributed by atoms with Gasteiger partial charge in [0.15, 0.2) is 0 Å². The number of nitro benzene ring substituents is 1. The van der Waals surface area contributed by atoms with E-state index >= 15 is 0 Å². The molecule has 3 rings (SSSR count). The van der Waals surface area contributed by atoms with E-state index in [4.69, 9.17) is 27.9 Å². The average Bonchev–Trinajstić information content (AvgIpc) is 3.03. The van der Waals surface area contributed by atoms with Crippen molar-refractivity contribution in [2.75, 3.05) is 0 Å². The summed E-state index contributed by atoms with van der Waals surface area (Å²) in [5.41, 5.74) is 1.07. The van der Waals surface area contributed by atoms with Gasteiger partial charge in [0.2, 0.25) is 18.0 Å². The van der Waals surface area contributed by atoms with Crippen molar-refractivity contribution in [2.24, 2.45) is 5.10 Å². The Balaban J connectivity index is 1.92. The number of hydrazone groups is 1. The highest BCUT2D eigenvalue weighted by molar-refractivity contribution is 6.42. The molecular weight excluding hydrogens is 369 g/mol. The first-order chi connectivity index (χ1) is 11.9. The SMILES string of the molecule is CC(=O)N1N=C(c2ccc([N+](=O)[O-])cc2)O[C@H]1c1ccc(Cl)c(Cl)c1. The molecule has 1 aliphatic rings. The summed E-state index contributed by atoms with van der Waals surface area (Å²) >= 11 is 11.9. The smallest absolute Gasteiger partial charge is 0.269 e. The summed E-state index contributed by atoms with van der Waals surface area (Å²) in [6.45, 7) is 1.36. The molecule has 128 valence electrons. The van der Waals surface area contributed by atoms with E-state index in [1.54, 1.807) is 18.2 Å². The number of rotatable bonds is 3. The van der Waals surface area contributed by atoms with Gasteiger partial charge in [0, 0.05) is 30.2 Å². The van der Waals surface area contributed by atoms with Gasteiger partial charge in [-0.2, -0.15) is 5.01 Å². The normalized spacial score (nSPS) is 16.4. The summed E-state index contributed by atoms with van der Waals surface area (Å²) in [4.78, 5) is 22.1. The molecule has 0 N–H and O–H groups in total. The van der Waals surface area contributed by atoms with E-state index in [0.717, 1.165) is 0 Å². The zero-order valence-electron chi connectivity index (χ0n) is 12.8. The number of non-ortho nitro benzene ring substituents is 1. The molecule has 0 unspecified atom stereocenters. The Morgan fingerprint density at radius 3 is 2.44 bits per heavy atom. The molecule has 0 radical (unpaired) electrons. The lowest BCUT2D eigenvalue weighted by molar-refractivity contribution is -0.384. The minimum atomic E-state index is -0.794. The minimum Gasteiger partial charge on any atom is -0.446 e. The van der Waals surface area contributed by atoms with Crippen LogP contribution in [0.3, 0.4) is 0 Å². The maximum atomic E-state index is 11.9. The Morgan fingerprint density at radius 1 is 1.20 bits per heavy atom. The predicted octanol–water partition coefficient (Wildman–Crippen LogP) is 4.14. The van der Waals surface area contributed by atoms with Crippen LogP contribution >= 0.6 is 23.2 Å². The predicted molar refractivity (Wildman–Crippen MR) is 92.4 cm³/mol. The highest BCUT2D eigenvalue weighted by Crippen LogP contribution is 2.33. The van der Waals surface area contributed by atoms with Crippen LogP contribution in [0, 0.1) is 10.1 Å². The van der Waals surface area contributed by atoms with E-state index in [9.17, 15) is 14.9 Å². The Hall–Kier alpha value is -2.64. The molecule has 0 bridgehead atoms. The molecule has 1 heterocycles. The average molecular weight is 380 g/mol. The van der Waals surface area contributed by atoms with Crippen LogP contribution < -0.4 is 0 Å². The summed E-state index contributed by atoms with van der Waals surface area (Å²) in [6, 6.07) is 10.6. The molecule has 0 spiro atoms. The van der Waals surface area contributed by atoms with Crippen LogP contribution in [0.15, 0.2) is 47.6 Å². The van der Waals surface area contributed by atoms with E-state index in [1.165, 1.54) is 36.2 Å². The lowest BCUT2D eigenvalue weighted by atomic mass is 10.2. The molecule has 9 heteroatoms. The van der Waals surface area contributed by atoms with E-state index in [-0.39, 0.29) is 17.5 Å². The van der Waals surface area contributed by atoms with Gasteiger partial charge in [-0.15, -0.1) is 5.10 Å². The Kier molecular flexibility index (Phi) is 4.61. The summed E-state index contributed by atoms with van der Waals surface area (Å²) < 4.78 is 5.79. The standard InChI is InChI=1S/C16H11Cl2N3O4/c1-9(22)20-16(11-4-7-13(17)14(18)8-11)25-15(19-20)10-2-5-12(6-3-10)21(23)24/h2-8,16H,1H3/t16-/m0/s1. The number of nitro groups is 1. The quantitative estimate of drug-likeness (QED) is 0.592. The summed E-state index contributed by atoms with van der Waals surface area (Å²) in [5.74, 6) is -0.144. The molecule has 1 atom stereocenters. The first kappa shape index (κ1) is 17.2. The van der Waals surface area contributed by atoms with Gasteiger partial charge < -0.3 is 4.74 Å². The van der Waals surface area contributed by atoms with E-state index < -0.39 is 11.2 Å². The van der Waals surface area contributed by atoms with Crippen molar-refractivity contribution in [3.8, 4) is 0 Å². The van der Waals surface area contributed by atoms with Crippen molar-refractivity contribution in [1.29, 1.82) is 0 Å². The molecule has 0 aromatic heterocycles. The van der Waals surface area contributed by atoms with Crippen molar-refractivity contribution in [3.63, 3.8) is 0 Å². The van der Waals surface area contributed by atoms with Crippen LogP contribution in [0.2, 0.25) is 10.0 Å². The molecule has 0 saturated carbocycles. The third-order valence-electron chi connectivity index (χ3n) is 3.52. The number of hydrogen-bond acceptors (Lipinski definition) is 5. The fourth-order valence-electron chi connectivity index (χ4n) is 2.29. The molecule has 7 nitrogen and oxygen atoms in total. The van der Waals surface area contributed by atoms with Crippen LogP contribution in [0.25, 0.3) is 0 Å². The first-order valence-electron chi connectivity index (χ1n) is 7.11. The third-order valence-corrected chi connectivity index (χ3v) is 4.26. The lowest BCUT2D eigenvalue weighted by Gasteiger charge is -2.19. The van der Waals surface area contributed by atoms with Crippen molar-refractivity contribution < 1.29 is 14.5 Å². The molecule has 0 fully saturated rings. The summed E-state index contributed by atoms with van der Waals surface area (Å²) in [5, 5.41) is 16.8. The molecule has 0 aliphatic carbocycles. The largest absolute Gasteiger partial charge is 0.446 e. The van der Waals surface area contributed by atoms with Gasteiger partial charge in [0.05, 0.1) is 15.0 Å². The fraction of sp³-hybridized carbons (Fsp3) is 0.125. The Bertz CT molecular complexity index is 883. The summed E-state index contributed by atoms with van der Waals surface area (Å²) in [7, 11) is 0. The van der Waals surface area contributed by atoms with Gasteiger partial charge in [0.25, 0.3) is 5.69 Å². The van der Waals surface area contributed by atoms with Crippen molar-refractivity contribution in [3.05, 3.63) is 73.8 Å². The second-order valence-electron chi connectivity index (χ2n) is 5.22. The van der Waals surface area contributed by atoms with Gasteiger partial charge in [0.1, 0.15) is 0 Å². The topological polar surface area (TPSA) is 85.0 Å².